The maximum Gasteiger partial charge on any atom is 0.255 e. The lowest BCUT2D eigenvalue weighted by molar-refractivity contribution is 0.0950. The summed E-state index contributed by atoms with van der Waals surface area (Å²) in [7, 11) is 1.51. The summed E-state index contributed by atoms with van der Waals surface area (Å²) in [4.78, 5) is 12.0. The molecule has 5 heteroatoms. The minimum Gasteiger partial charge on any atom is -0.494 e. The Morgan fingerprint density at radius 3 is 2.89 bits per heavy atom. The number of amides is 1. The molecule has 0 saturated heterocycles. The highest BCUT2D eigenvalue weighted by Crippen LogP contribution is 2.25. The number of unbranched alkanes of at least 4 members (excludes halogenated alkanes) is 1. The van der Waals surface area contributed by atoms with Gasteiger partial charge in [-0.05, 0) is 37.0 Å². The quantitative estimate of drug-likeness (QED) is 0.587. The normalized spacial score (nSPS) is 10.1. The average Bonchev–Trinajstić information content (AvgIpc) is 2.38. The van der Waals surface area contributed by atoms with Crippen molar-refractivity contribution in [1.82, 2.24) is 5.32 Å². The molecule has 18 heavy (non-hydrogen) atoms. The number of benzene rings is 1. The number of hydrogen-bond donors (Lipinski definition) is 2. The van der Waals surface area contributed by atoms with E-state index in [1.54, 1.807) is 18.2 Å². The molecule has 1 aromatic rings. The lowest BCUT2D eigenvalue weighted by Gasteiger charge is -2.11. The van der Waals surface area contributed by atoms with Gasteiger partial charge in [0, 0.05) is 6.54 Å². The van der Waals surface area contributed by atoms with E-state index < -0.39 is 0 Å². The summed E-state index contributed by atoms with van der Waals surface area (Å²) >= 11 is 1.82. The molecule has 0 unspecified atom stereocenters. The Hall–Kier alpha value is -1.36. The maximum atomic E-state index is 12.0. The first-order chi connectivity index (χ1) is 8.70. The number of nitrogen functional groups attached to an aromatic ring is 1. The molecule has 1 aromatic carbocycles. The van der Waals surface area contributed by atoms with Gasteiger partial charge in [-0.1, -0.05) is 6.07 Å². The standard InChI is InChI=1S/C13H20N2O2S/c1-17-12-10(6-5-7-11(12)14)13(16)15-8-3-4-9-18-2/h5-7H,3-4,8-9,14H2,1-2H3,(H,15,16). The first kappa shape index (κ1) is 14.7. The van der Waals surface area contributed by atoms with Gasteiger partial charge in [-0.2, -0.15) is 11.8 Å². The SMILES string of the molecule is COc1c(N)cccc1C(=O)NCCCCSC. The van der Waals surface area contributed by atoms with Gasteiger partial charge in [0.05, 0.1) is 18.4 Å². The Morgan fingerprint density at radius 1 is 1.44 bits per heavy atom. The van der Waals surface area contributed by atoms with Crippen LogP contribution in [0.1, 0.15) is 23.2 Å². The van der Waals surface area contributed by atoms with E-state index in [0.29, 0.717) is 23.5 Å². The van der Waals surface area contributed by atoms with E-state index in [1.165, 1.54) is 7.11 Å². The second kappa shape index (κ2) is 7.87. The van der Waals surface area contributed by atoms with E-state index in [-0.39, 0.29) is 5.91 Å². The highest BCUT2D eigenvalue weighted by molar-refractivity contribution is 7.98. The van der Waals surface area contributed by atoms with Crippen LogP contribution in [0.2, 0.25) is 0 Å². The van der Waals surface area contributed by atoms with Gasteiger partial charge in [0.25, 0.3) is 5.91 Å². The average molecular weight is 268 g/mol. The van der Waals surface area contributed by atoms with Crippen molar-refractivity contribution >= 4 is 23.4 Å². The van der Waals surface area contributed by atoms with Crippen LogP contribution in [0.3, 0.4) is 0 Å². The van der Waals surface area contributed by atoms with Crippen molar-refractivity contribution in [2.45, 2.75) is 12.8 Å². The Bertz CT molecular complexity index is 397. The van der Waals surface area contributed by atoms with Crippen molar-refractivity contribution in [1.29, 1.82) is 0 Å². The molecule has 0 aromatic heterocycles. The number of nitrogens with two attached hydrogens (primary N) is 1. The van der Waals surface area contributed by atoms with E-state index in [1.807, 2.05) is 11.8 Å². The minimum absolute atomic E-state index is 0.136. The summed E-state index contributed by atoms with van der Waals surface area (Å²) in [6.45, 7) is 0.678. The van der Waals surface area contributed by atoms with Crippen molar-refractivity contribution in [2.24, 2.45) is 0 Å². The summed E-state index contributed by atoms with van der Waals surface area (Å²) < 4.78 is 5.15. The molecule has 0 saturated carbocycles. The fourth-order valence-electron chi connectivity index (χ4n) is 1.63. The molecule has 0 radical (unpaired) electrons. The predicted octanol–water partition coefficient (Wildman–Crippen LogP) is 2.15. The monoisotopic (exact) mass is 268 g/mol. The van der Waals surface area contributed by atoms with Crippen LogP contribution in [0.15, 0.2) is 18.2 Å². The molecule has 0 aliphatic rings. The number of para-hydroxylation sites is 1. The summed E-state index contributed by atoms with van der Waals surface area (Å²) in [5, 5.41) is 2.88. The largest absolute Gasteiger partial charge is 0.494 e. The zero-order valence-corrected chi connectivity index (χ0v) is 11.7. The van der Waals surface area contributed by atoms with Crippen molar-refractivity contribution in [3.8, 4) is 5.75 Å². The smallest absolute Gasteiger partial charge is 0.255 e. The van der Waals surface area contributed by atoms with Crippen LogP contribution in [0.5, 0.6) is 5.75 Å². The fourth-order valence-corrected chi connectivity index (χ4v) is 2.12. The van der Waals surface area contributed by atoms with Crippen LogP contribution in [-0.2, 0) is 0 Å². The molecule has 0 bridgehead atoms. The lowest BCUT2D eigenvalue weighted by atomic mass is 10.1. The van der Waals surface area contributed by atoms with Gasteiger partial charge < -0.3 is 15.8 Å². The number of nitrogens with one attached hydrogen (secondary N) is 1. The molecule has 0 aliphatic heterocycles. The molecule has 1 amide bonds. The van der Waals surface area contributed by atoms with Gasteiger partial charge >= 0.3 is 0 Å². The first-order valence-corrected chi connectivity index (χ1v) is 7.29. The molecule has 4 nitrogen and oxygen atoms in total. The number of ether oxygens (including phenoxy) is 1. The van der Waals surface area contributed by atoms with Crippen LogP contribution in [0, 0.1) is 0 Å². The summed E-state index contributed by atoms with van der Waals surface area (Å²) in [5.41, 5.74) is 6.72. The summed E-state index contributed by atoms with van der Waals surface area (Å²) in [5.74, 6) is 1.43. The third-order valence-electron chi connectivity index (χ3n) is 2.56. The van der Waals surface area contributed by atoms with E-state index in [4.69, 9.17) is 10.5 Å². The molecule has 3 N–H and O–H groups in total. The molecule has 1 rings (SSSR count). The fraction of sp³-hybridized carbons (Fsp3) is 0.462. The first-order valence-electron chi connectivity index (χ1n) is 5.90. The van der Waals surface area contributed by atoms with Gasteiger partial charge in [0.15, 0.2) is 5.75 Å². The highest BCUT2D eigenvalue weighted by atomic mass is 32.2. The Labute approximate surface area is 112 Å². The third-order valence-corrected chi connectivity index (χ3v) is 3.25. The van der Waals surface area contributed by atoms with Crippen LogP contribution in [0.25, 0.3) is 0 Å². The van der Waals surface area contributed by atoms with Crippen molar-refractivity contribution in [2.75, 3.05) is 31.4 Å². The van der Waals surface area contributed by atoms with Crippen LogP contribution in [-0.4, -0.2) is 31.6 Å². The molecule has 0 aliphatic carbocycles. The zero-order chi connectivity index (χ0) is 13.4. The second-order valence-corrected chi connectivity index (χ2v) is 4.87. The molecule has 0 fully saturated rings. The number of hydrogen-bond acceptors (Lipinski definition) is 4. The van der Waals surface area contributed by atoms with Crippen LogP contribution in [0.4, 0.5) is 5.69 Å². The number of anilines is 1. The van der Waals surface area contributed by atoms with Crippen molar-refractivity contribution in [3.05, 3.63) is 23.8 Å². The van der Waals surface area contributed by atoms with Gasteiger partial charge in [0.1, 0.15) is 0 Å². The van der Waals surface area contributed by atoms with Crippen LogP contribution < -0.4 is 15.8 Å². The molecule has 100 valence electrons. The number of thioether (sulfide) groups is 1. The zero-order valence-electron chi connectivity index (χ0n) is 10.9. The molecular weight excluding hydrogens is 248 g/mol. The van der Waals surface area contributed by atoms with Crippen LogP contribution >= 0.6 is 11.8 Å². The Morgan fingerprint density at radius 2 is 2.22 bits per heavy atom. The lowest BCUT2D eigenvalue weighted by Crippen LogP contribution is -2.25. The van der Waals surface area contributed by atoms with Gasteiger partial charge in [-0.15, -0.1) is 0 Å². The third kappa shape index (κ3) is 4.14. The highest BCUT2D eigenvalue weighted by Gasteiger charge is 2.13. The molecule has 0 spiro atoms. The Kier molecular flexibility index (Phi) is 6.43. The maximum absolute atomic E-state index is 12.0. The van der Waals surface area contributed by atoms with Crippen molar-refractivity contribution in [3.63, 3.8) is 0 Å². The number of methoxy groups -OCH3 is 1. The van der Waals surface area contributed by atoms with Gasteiger partial charge in [-0.25, -0.2) is 0 Å². The van der Waals surface area contributed by atoms with E-state index in [0.717, 1.165) is 18.6 Å². The van der Waals surface area contributed by atoms with E-state index in [9.17, 15) is 4.79 Å². The molecule has 0 atom stereocenters. The van der Waals surface area contributed by atoms with Crippen molar-refractivity contribution < 1.29 is 9.53 Å². The number of carbonyl (C=O) groups is 1. The number of rotatable bonds is 7. The van der Waals surface area contributed by atoms with E-state index >= 15 is 0 Å². The topological polar surface area (TPSA) is 64.3 Å². The summed E-state index contributed by atoms with van der Waals surface area (Å²) in [6.07, 6.45) is 4.17. The second-order valence-electron chi connectivity index (χ2n) is 3.88. The van der Waals surface area contributed by atoms with Gasteiger partial charge in [-0.3, -0.25) is 4.79 Å². The number of carbonyl (C=O) groups excluding carboxylic acids is 1. The van der Waals surface area contributed by atoms with E-state index in [2.05, 4.69) is 11.6 Å². The van der Waals surface area contributed by atoms with Gasteiger partial charge in [0.2, 0.25) is 0 Å². The summed E-state index contributed by atoms with van der Waals surface area (Å²) in [6, 6.07) is 5.18. The Balaban J connectivity index is 2.54. The molecular formula is C13H20N2O2S. The molecule has 0 heterocycles. The predicted molar refractivity (Wildman–Crippen MR) is 77.4 cm³/mol. The minimum atomic E-state index is -0.136.